The number of hydrogen-bond donors (Lipinski definition) is 3. The van der Waals surface area contributed by atoms with Crippen molar-refractivity contribution >= 4 is 17.7 Å². The third-order valence-electron chi connectivity index (χ3n) is 6.08. The van der Waals surface area contributed by atoms with Crippen LogP contribution in [0.15, 0.2) is 18.3 Å². The van der Waals surface area contributed by atoms with E-state index in [0.717, 1.165) is 25.3 Å². The van der Waals surface area contributed by atoms with Crippen LogP contribution in [0.25, 0.3) is 0 Å². The smallest absolute Gasteiger partial charge is 0.267 e. The molecule has 1 aromatic heterocycles. The van der Waals surface area contributed by atoms with Gasteiger partial charge in [0, 0.05) is 50.9 Å². The molecule has 1 aromatic rings. The number of carbonyl (C=O) groups is 3. The minimum Gasteiger partial charge on any atom is -0.357 e. The molecule has 2 aliphatic heterocycles. The number of rotatable bonds is 7. The van der Waals surface area contributed by atoms with E-state index < -0.39 is 0 Å². The number of carbonyl (C=O) groups excluding carboxylic acids is 3. The molecule has 0 radical (unpaired) electrons. The van der Waals surface area contributed by atoms with Gasteiger partial charge in [-0.15, -0.1) is 0 Å². The number of H-pyrrole nitrogens is 1. The second kappa shape index (κ2) is 8.34. The Morgan fingerprint density at radius 3 is 2.71 bits per heavy atom. The van der Waals surface area contributed by atoms with Gasteiger partial charge in [-0.25, -0.2) is 0 Å². The molecular formula is C20H29N5O3. The molecule has 2 saturated heterocycles. The molecule has 3 heterocycles. The Morgan fingerprint density at radius 2 is 2.00 bits per heavy atom. The fourth-order valence-corrected chi connectivity index (χ4v) is 4.31. The van der Waals surface area contributed by atoms with Gasteiger partial charge in [-0.3, -0.25) is 19.3 Å². The third-order valence-corrected chi connectivity index (χ3v) is 6.08. The van der Waals surface area contributed by atoms with Crippen molar-refractivity contribution in [2.75, 3.05) is 32.7 Å². The quantitative estimate of drug-likeness (QED) is 0.628. The minimum atomic E-state index is -0.0878. The van der Waals surface area contributed by atoms with Crippen LogP contribution >= 0.6 is 0 Å². The molecule has 2 atom stereocenters. The summed E-state index contributed by atoms with van der Waals surface area (Å²) in [6, 6.07) is 4.04. The Labute approximate surface area is 165 Å². The summed E-state index contributed by atoms with van der Waals surface area (Å²) in [6.07, 6.45) is 6.65. The lowest BCUT2D eigenvalue weighted by atomic mass is 10.1. The first-order valence-corrected chi connectivity index (χ1v) is 10.3. The maximum Gasteiger partial charge on any atom is 0.267 e. The molecule has 0 bridgehead atoms. The Kier molecular flexibility index (Phi) is 5.66. The van der Waals surface area contributed by atoms with Crippen LogP contribution < -0.4 is 10.6 Å². The number of piperazine rings is 1. The summed E-state index contributed by atoms with van der Waals surface area (Å²) >= 11 is 0. The molecule has 28 heavy (non-hydrogen) atoms. The lowest BCUT2D eigenvalue weighted by Gasteiger charge is -2.32. The zero-order valence-electron chi connectivity index (χ0n) is 16.2. The Morgan fingerprint density at radius 1 is 1.18 bits per heavy atom. The molecule has 3 aliphatic rings. The normalized spacial score (nSPS) is 25.6. The lowest BCUT2D eigenvalue weighted by molar-refractivity contribution is -0.139. The minimum absolute atomic E-state index is 0.0664. The van der Waals surface area contributed by atoms with Gasteiger partial charge in [-0.2, -0.15) is 0 Å². The maximum atomic E-state index is 12.7. The molecule has 1 aliphatic carbocycles. The van der Waals surface area contributed by atoms with Crippen LogP contribution in [0.3, 0.4) is 0 Å². The maximum absolute atomic E-state index is 12.7. The van der Waals surface area contributed by atoms with Crippen LogP contribution in [0, 0.1) is 5.92 Å². The summed E-state index contributed by atoms with van der Waals surface area (Å²) in [5.41, 5.74) is 0.571. The first-order chi connectivity index (χ1) is 13.6. The van der Waals surface area contributed by atoms with Crippen LogP contribution in [-0.4, -0.2) is 77.3 Å². The third kappa shape index (κ3) is 4.55. The summed E-state index contributed by atoms with van der Waals surface area (Å²) in [5, 5.41) is 5.80. The number of nitrogens with one attached hydrogen (secondary N) is 3. The van der Waals surface area contributed by atoms with Gasteiger partial charge in [0.15, 0.2) is 0 Å². The topological polar surface area (TPSA) is 97.5 Å². The predicted octanol–water partition coefficient (Wildman–Crippen LogP) is 0.336. The molecule has 3 N–H and O–H groups in total. The van der Waals surface area contributed by atoms with E-state index in [2.05, 4.69) is 20.5 Å². The van der Waals surface area contributed by atoms with Gasteiger partial charge in [0.2, 0.25) is 11.8 Å². The number of nitrogens with zero attached hydrogens (tertiary/aromatic N) is 2. The molecule has 8 nitrogen and oxygen atoms in total. The molecule has 152 valence electrons. The summed E-state index contributed by atoms with van der Waals surface area (Å²) in [5.74, 6) is 0.621. The molecular weight excluding hydrogens is 358 g/mol. The zero-order valence-corrected chi connectivity index (χ0v) is 16.2. The van der Waals surface area contributed by atoms with E-state index in [4.69, 9.17) is 0 Å². The highest BCUT2D eigenvalue weighted by Gasteiger charge is 2.38. The Balaban J connectivity index is 1.34. The first-order valence-electron chi connectivity index (χ1n) is 10.3. The second-order valence-electron chi connectivity index (χ2n) is 8.19. The zero-order chi connectivity index (χ0) is 19.5. The monoisotopic (exact) mass is 387 g/mol. The summed E-state index contributed by atoms with van der Waals surface area (Å²) in [7, 11) is 0. The number of aromatic amines is 1. The van der Waals surface area contributed by atoms with Crippen molar-refractivity contribution in [2.24, 2.45) is 5.92 Å². The van der Waals surface area contributed by atoms with Crippen LogP contribution in [0.1, 0.15) is 42.6 Å². The van der Waals surface area contributed by atoms with Crippen LogP contribution in [0.4, 0.5) is 0 Å². The van der Waals surface area contributed by atoms with Crippen molar-refractivity contribution in [3.63, 3.8) is 0 Å². The van der Waals surface area contributed by atoms with E-state index in [9.17, 15) is 14.4 Å². The predicted molar refractivity (Wildman–Crippen MR) is 104 cm³/mol. The van der Waals surface area contributed by atoms with Crippen molar-refractivity contribution in [1.82, 2.24) is 25.4 Å². The molecule has 8 heteroatoms. The average molecular weight is 387 g/mol. The van der Waals surface area contributed by atoms with E-state index >= 15 is 0 Å². The van der Waals surface area contributed by atoms with Crippen LogP contribution in [0.5, 0.6) is 0 Å². The molecule has 0 spiro atoms. The van der Waals surface area contributed by atoms with Crippen molar-refractivity contribution in [2.45, 2.75) is 44.2 Å². The Bertz CT molecular complexity index is 715. The van der Waals surface area contributed by atoms with Crippen LogP contribution in [-0.2, 0) is 9.59 Å². The molecule has 3 fully saturated rings. The average Bonchev–Trinajstić information content (AvgIpc) is 3.19. The summed E-state index contributed by atoms with van der Waals surface area (Å²) in [6.45, 7) is 2.90. The molecule has 3 amide bonds. The van der Waals surface area contributed by atoms with Gasteiger partial charge in [-0.05, 0) is 43.7 Å². The van der Waals surface area contributed by atoms with Gasteiger partial charge < -0.3 is 20.5 Å². The number of aromatic nitrogens is 1. The van der Waals surface area contributed by atoms with Crippen molar-refractivity contribution in [3.05, 3.63) is 24.0 Å². The van der Waals surface area contributed by atoms with E-state index in [1.807, 2.05) is 6.07 Å². The van der Waals surface area contributed by atoms with Gasteiger partial charge in [0.05, 0.1) is 6.54 Å². The largest absolute Gasteiger partial charge is 0.357 e. The van der Waals surface area contributed by atoms with E-state index in [-0.39, 0.29) is 36.3 Å². The van der Waals surface area contributed by atoms with Gasteiger partial charge in [0.25, 0.3) is 5.91 Å². The number of likely N-dealkylation sites (tertiary alicyclic amines) is 1. The van der Waals surface area contributed by atoms with E-state index in [1.54, 1.807) is 17.2 Å². The van der Waals surface area contributed by atoms with E-state index in [0.29, 0.717) is 31.7 Å². The number of hydrogen-bond acceptors (Lipinski definition) is 4. The highest BCUT2D eigenvalue weighted by Crippen LogP contribution is 2.35. The molecule has 1 saturated carbocycles. The molecule has 0 unspecified atom stereocenters. The van der Waals surface area contributed by atoms with E-state index in [1.165, 1.54) is 12.8 Å². The number of amides is 3. The fourth-order valence-electron chi connectivity index (χ4n) is 4.31. The van der Waals surface area contributed by atoms with Crippen LogP contribution in [0.2, 0.25) is 0 Å². The van der Waals surface area contributed by atoms with Gasteiger partial charge in [0.1, 0.15) is 5.69 Å². The Hall–Kier alpha value is -2.35. The first kappa shape index (κ1) is 19.0. The highest BCUT2D eigenvalue weighted by atomic mass is 16.2. The lowest BCUT2D eigenvalue weighted by Crippen LogP contribution is -2.51. The summed E-state index contributed by atoms with van der Waals surface area (Å²) in [4.78, 5) is 43.6. The van der Waals surface area contributed by atoms with Crippen molar-refractivity contribution < 1.29 is 14.4 Å². The highest BCUT2D eigenvalue weighted by molar-refractivity contribution is 5.92. The summed E-state index contributed by atoms with van der Waals surface area (Å²) < 4.78 is 0. The second-order valence-corrected chi connectivity index (χ2v) is 8.19. The van der Waals surface area contributed by atoms with Crippen molar-refractivity contribution in [1.29, 1.82) is 0 Å². The SMILES string of the molecule is O=C1CN(C(=O)C[C@H]2CC[C@@H](CNC(=O)c3ccc[nH]3)N2CC2CC2)CCN1. The van der Waals surface area contributed by atoms with Gasteiger partial charge >= 0.3 is 0 Å². The molecule has 4 rings (SSSR count). The van der Waals surface area contributed by atoms with Gasteiger partial charge in [-0.1, -0.05) is 0 Å². The van der Waals surface area contributed by atoms with Crippen molar-refractivity contribution in [3.8, 4) is 0 Å². The standard InChI is InChI=1S/C20H29N5O3/c26-18-13-24(9-8-22-18)19(27)10-15-5-6-16(25(15)12-14-3-4-14)11-23-20(28)17-2-1-7-21-17/h1-2,7,14-16,21H,3-6,8-13H2,(H,22,26)(H,23,28)/t15-,16+/m1/s1. The fraction of sp³-hybridized carbons (Fsp3) is 0.650. The molecule has 0 aromatic carbocycles.